The third kappa shape index (κ3) is 3.72. The van der Waals surface area contributed by atoms with Crippen LogP contribution in [0.4, 0.5) is 0 Å². The molecule has 200 valence electrons. The molecule has 0 saturated heterocycles. The van der Waals surface area contributed by atoms with Crippen molar-refractivity contribution in [1.82, 2.24) is 0 Å². The predicted molar refractivity (Wildman–Crippen MR) is 183 cm³/mol. The predicted octanol–water partition coefficient (Wildman–Crippen LogP) is 12.0. The van der Waals surface area contributed by atoms with E-state index in [1.165, 1.54) is 0 Å². The largest absolute Gasteiger partial charge is 0.455 e. The molecule has 9 rings (SSSR count). The van der Waals surface area contributed by atoms with E-state index in [2.05, 4.69) is 0 Å². The van der Waals surface area contributed by atoms with Crippen LogP contribution in [0.1, 0.15) is 24.7 Å². The molecule has 0 saturated carbocycles. The van der Waals surface area contributed by atoms with Crippen molar-refractivity contribution in [3.63, 3.8) is 0 Å². The summed E-state index contributed by atoms with van der Waals surface area (Å²) in [6.07, 6.45) is 0. The smallest absolute Gasteiger partial charge is 0.143 e. The number of hydrogen-bond acceptors (Lipinski definition) is 1. The molecular formula is C42H26O. The average Bonchev–Trinajstić information content (AvgIpc) is 3.66. The molecule has 43 heavy (non-hydrogen) atoms. The molecular weight excluding hydrogens is 520 g/mol. The fraction of sp³-hybridized carbons (Fsp3) is 0. The standard InChI is InChI=1S/C42H26O/c1-2-11-27(12-3-1)29-14-10-15-30(25-29)40-34-17-6-8-19-36(34)41(37-20-9-7-18-35(37)40)31-22-23-33-38-24-21-28-13-4-5-16-32(28)42(38)43-39(33)26-31/h1-26H/i1D,2D,3D,4D,5D,10D,11D,12D,13D,14D,15D,16D,21D,22D,23D,24D,25D,26D. The zero-order valence-corrected chi connectivity index (χ0v) is 22.0. The van der Waals surface area contributed by atoms with Gasteiger partial charge in [-0.1, -0.05) is 133 Å². The van der Waals surface area contributed by atoms with Gasteiger partial charge in [-0.2, -0.15) is 0 Å². The van der Waals surface area contributed by atoms with E-state index in [1.807, 2.05) is 0 Å². The molecule has 1 nitrogen and oxygen atoms in total. The Morgan fingerprint density at radius 2 is 0.977 bits per heavy atom. The van der Waals surface area contributed by atoms with Crippen molar-refractivity contribution in [1.29, 1.82) is 0 Å². The van der Waals surface area contributed by atoms with Crippen molar-refractivity contribution in [3.8, 4) is 33.4 Å². The molecule has 8 aromatic carbocycles. The van der Waals surface area contributed by atoms with Crippen molar-refractivity contribution < 1.29 is 29.1 Å². The molecule has 1 aromatic heterocycles. The van der Waals surface area contributed by atoms with E-state index in [4.69, 9.17) is 23.6 Å². The monoisotopic (exact) mass is 564 g/mol. The summed E-state index contributed by atoms with van der Waals surface area (Å²) >= 11 is 0. The van der Waals surface area contributed by atoms with Gasteiger partial charge in [0.15, 0.2) is 0 Å². The van der Waals surface area contributed by atoms with E-state index in [9.17, 15) is 5.48 Å². The summed E-state index contributed by atoms with van der Waals surface area (Å²) in [5.41, 5.74) is -1.24. The second kappa shape index (κ2) is 9.44. The van der Waals surface area contributed by atoms with Crippen LogP contribution >= 0.6 is 0 Å². The molecule has 0 fully saturated rings. The Morgan fingerprint density at radius 1 is 0.395 bits per heavy atom. The zero-order valence-electron chi connectivity index (χ0n) is 40.0. The molecule has 0 aliphatic heterocycles. The molecule has 0 unspecified atom stereocenters. The zero-order chi connectivity index (χ0) is 44.0. The fourth-order valence-corrected chi connectivity index (χ4v) is 5.67. The molecule has 0 spiro atoms. The van der Waals surface area contributed by atoms with Gasteiger partial charge in [-0.15, -0.1) is 0 Å². The van der Waals surface area contributed by atoms with Gasteiger partial charge >= 0.3 is 0 Å². The summed E-state index contributed by atoms with van der Waals surface area (Å²) in [6.45, 7) is 0. The summed E-state index contributed by atoms with van der Waals surface area (Å²) < 4.78 is 164. The SMILES string of the molecule is [2H]c1c([2H])c([2H])c(-c2c([2H])c([2H])c([2H])c(-c3c4ccccc4c(-c4c([2H])c([2H])c5c(oc6c7c([2H])c([2H])c([2H])c([2H])c7c([2H])c([2H])c65)c4[2H])c4ccccc34)c2[2H])c([2H])c1[2H]. The summed E-state index contributed by atoms with van der Waals surface area (Å²) in [4.78, 5) is 0. The Bertz CT molecular complexity index is 3430. The molecule has 0 radical (unpaired) electrons. The first kappa shape index (κ1) is 12.3. The van der Waals surface area contributed by atoms with Gasteiger partial charge in [-0.25, -0.2) is 0 Å². The Kier molecular flexibility index (Phi) is 2.70. The Balaban J connectivity index is 1.43. The van der Waals surface area contributed by atoms with Gasteiger partial charge < -0.3 is 4.42 Å². The minimum Gasteiger partial charge on any atom is -0.455 e. The van der Waals surface area contributed by atoms with Crippen molar-refractivity contribution in [3.05, 3.63) is 157 Å². The van der Waals surface area contributed by atoms with Crippen LogP contribution in [0.2, 0.25) is 0 Å². The maximum atomic E-state index is 9.61. The quantitative estimate of drug-likeness (QED) is 0.195. The molecule has 0 amide bonds. The molecule has 0 atom stereocenters. The van der Waals surface area contributed by atoms with Crippen LogP contribution < -0.4 is 0 Å². The highest BCUT2D eigenvalue weighted by molar-refractivity contribution is 6.22. The molecule has 0 bridgehead atoms. The van der Waals surface area contributed by atoms with Crippen LogP contribution in [0.25, 0.3) is 87.6 Å². The maximum absolute atomic E-state index is 9.61. The summed E-state index contributed by atoms with van der Waals surface area (Å²) in [6, 6.07) is 2.63. The summed E-state index contributed by atoms with van der Waals surface area (Å²) in [5.74, 6) is 0. The second-order valence-electron chi connectivity index (χ2n) is 9.85. The van der Waals surface area contributed by atoms with Gasteiger partial charge in [0.05, 0.1) is 24.7 Å². The number of furan rings is 1. The van der Waals surface area contributed by atoms with Crippen LogP contribution in [-0.4, -0.2) is 0 Å². The van der Waals surface area contributed by atoms with Crippen LogP contribution in [0.15, 0.2) is 162 Å². The Hall–Kier alpha value is -5.66. The summed E-state index contributed by atoms with van der Waals surface area (Å²) in [7, 11) is 0. The van der Waals surface area contributed by atoms with Crippen LogP contribution in [0, 0.1) is 0 Å². The maximum Gasteiger partial charge on any atom is 0.143 e. The lowest BCUT2D eigenvalue weighted by atomic mass is 9.85. The van der Waals surface area contributed by atoms with E-state index < -0.39 is 120 Å². The van der Waals surface area contributed by atoms with Gasteiger partial charge in [0.1, 0.15) is 11.2 Å². The number of rotatable bonds is 3. The fourth-order valence-electron chi connectivity index (χ4n) is 5.67. The lowest BCUT2D eigenvalue weighted by molar-refractivity contribution is 0.673. The van der Waals surface area contributed by atoms with E-state index in [1.54, 1.807) is 48.5 Å². The van der Waals surface area contributed by atoms with Crippen molar-refractivity contribution >= 4 is 54.3 Å². The highest BCUT2D eigenvalue weighted by atomic mass is 16.3. The third-order valence-corrected chi connectivity index (χ3v) is 7.49. The number of hydrogen-bond donors (Lipinski definition) is 0. The third-order valence-electron chi connectivity index (χ3n) is 7.49. The lowest BCUT2D eigenvalue weighted by Crippen LogP contribution is -1.91. The van der Waals surface area contributed by atoms with Gasteiger partial charge in [-0.3, -0.25) is 0 Å². The molecule has 9 aromatic rings. The minimum absolute atomic E-state index is 0.0981. The first-order chi connectivity index (χ1) is 28.8. The molecule has 0 aliphatic rings. The van der Waals surface area contributed by atoms with Crippen LogP contribution in [0.5, 0.6) is 0 Å². The Morgan fingerprint density at radius 3 is 1.70 bits per heavy atom. The average molecular weight is 565 g/mol. The van der Waals surface area contributed by atoms with Crippen molar-refractivity contribution in [2.45, 2.75) is 0 Å². The first-order valence-electron chi connectivity index (χ1n) is 22.3. The van der Waals surface area contributed by atoms with Crippen LogP contribution in [-0.2, 0) is 0 Å². The van der Waals surface area contributed by atoms with E-state index >= 15 is 0 Å². The second-order valence-corrected chi connectivity index (χ2v) is 9.85. The van der Waals surface area contributed by atoms with Gasteiger partial charge in [0, 0.05) is 16.2 Å². The summed E-state index contributed by atoms with van der Waals surface area (Å²) in [5, 5.41) is 0.579. The molecule has 0 aliphatic carbocycles. The van der Waals surface area contributed by atoms with Crippen LogP contribution in [0.3, 0.4) is 0 Å². The van der Waals surface area contributed by atoms with E-state index in [-0.39, 0.29) is 55.0 Å². The van der Waals surface area contributed by atoms with Crippen molar-refractivity contribution in [2.75, 3.05) is 0 Å². The minimum atomic E-state index is -0.706. The molecule has 0 N–H and O–H groups in total. The van der Waals surface area contributed by atoms with Gasteiger partial charge in [-0.05, 0) is 84.5 Å². The topological polar surface area (TPSA) is 13.1 Å². The first-order valence-corrected chi connectivity index (χ1v) is 13.3. The van der Waals surface area contributed by atoms with E-state index in [0.29, 0.717) is 21.5 Å². The van der Waals surface area contributed by atoms with E-state index in [0.717, 1.165) is 0 Å². The highest BCUT2D eigenvalue weighted by Crippen LogP contribution is 2.45. The molecule has 1 heteroatoms. The number of benzene rings is 8. The molecule has 1 heterocycles. The number of fused-ring (bicyclic) bond motifs is 7. The highest BCUT2D eigenvalue weighted by Gasteiger charge is 2.18. The van der Waals surface area contributed by atoms with Gasteiger partial charge in [0.25, 0.3) is 0 Å². The normalized spacial score (nSPS) is 17.6. The Labute approximate surface area is 274 Å². The lowest BCUT2D eigenvalue weighted by Gasteiger charge is -2.18. The van der Waals surface area contributed by atoms with Gasteiger partial charge in [0.2, 0.25) is 0 Å². The van der Waals surface area contributed by atoms with Crippen molar-refractivity contribution in [2.24, 2.45) is 0 Å².